The highest BCUT2D eigenvalue weighted by Gasteiger charge is 2.59. The normalized spacial score (nSPS) is 17.3. The van der Waals surface area contributed by atoms with Crippen LogP contribution in [-0.2, 0) is 10.2 Å². The Labute approximate surface area is 136 Å². The first-order chi connectivity index (χ1) is 11.5. The van der Waals surface area contributed by atoms with Gasteiger partial charge in [-0.25, -0.2) is 0 Å². The lowest BCUT2D eigenvalue weighted by molar-refractivity contribution is -0.119. The van der Waals surface area contributed by atoms with Crippen molar-refractivity contribution in [2.24, 2.45) is 0 Å². The van der Waals surface area contributed by atoms with Crippen LogP contribution in [0.4, 0.5) is 20.2 Å². The topological polar surface area (TPSA) is 46.6 Å². The Hall–Kier alpha value is -2.76. The number of fused-ring (bicyclic) bond motifs is 2. The zero-order valence-corrected chi connectivity index (χ0v) is 12.5. The molecule has 4 rings (SSSR count). The van der Waals surface area contributed by atoms with Gasteiger partial charge in [0.2, 0.25) is 5.91 Å². The molecule has 1 amide bonds. The number of nitrogens with zero attached hydrogens (tertiary/aromatic N) is 1. The average Bonchev–Trinajstić information content (AvgIpc) is 3.32. The van der Waals surface area contributed by atoms with E-state index >= 15 is 0 Å². The molecule has 1 heterocycles. The third-order valence-electron chi connectivity index (χ3n) is 4.58. The molecule has 0 radical (unpaired) electrons. The highest BCUT2D eigenvalue weighted by molar-refractivity contribution is 6.15. The maximum Gasteiger partial charge on any atom is 0.387 e. The molecule has 1 fully saturated rings. The van der Waals surface area contributed by atoms with Gasteiger partial charge in [0.15, 0.2) is 0 Å². The summed E-state index contributed by atoms with van der Waals surface area (Å²) in [6.45, 7) is -2.92. The standard InChI is InChI=1S/C18H13F2NO3/c19-17(20)24-13-3-1-2-12(9-13)21-15-5-4-11(10-22)8-14(15)18(6-7-18)16(21)23/h1-5,8-10,17H,6-7H2. The van der Waals surface area contributed by atoms with Gasteiger partial charge in [0.25, 0.3) is 0 Å². The number of carbonyl (C=O) groups excluding carboxylic acids is 2. The maximum absolute atomic E-state index is 12.9. The molecule has 2 aliphatic rings. The lowest BCUT2D eigenvalue weighted by atomic mass is 9.96. The molecule has 1 saturated carbocycles. The summed E-state index contributed by atoms with van der Waals surface area (Å²) >= 11 is 0. The van der Waals surface area contributed by atoms with E-state index in [2.05, 4.69) is 4.74 Å². The molecule has 122 valence electrons. The number of aldehydes is 1. The van der Waals surface area contributed by atoms with Gasteiger partial charge in [-0.05, 0) is 48.7 Å². The van der Waals surface area contributed by atoms with Crippen molar-refractivity contribution in [1.29, 1.82) is 0 Å². The van der Waals surface area contributed by atoms with E-state index in [1.807, 2.05) is 0 Å². The maximum atomic E-state index is 12.9. The molecular weight excluding hydrogens is 316 g/mol. The van der Waals surface area contributed by atoms with E-state index in [0.29, 0.717) is 16.9 Å². The first-order valence-corrected chi connectivity index (χ1v) is 7.54. The van der Waals surface area contributed by atoms with Crippen LogP contribution in [0.2, 0.25) is 0 Å². The molecule has 0 bridgehead atoms. The quantitative estimate of drug-likeness (QED) is 0.801. The smallest absolute Gasteiger partial charge is 0.387 e. The van der Waals surface area contributed by atoms with Crippen molar-refractivity contribution in [2.75, 3.05) is 4.90 Å². The third-order valence-corrected chi connectivity index (χ3v) is 4.58. The zero-order chi connectivity index (χ0) is 16.9. The summed E-state index contributed by atoms with van der Waals surface area (Å²) in [7, 11) is 0. The van der Waals surface area contributed by atoms with Gasteiger partial charge in [-0.2, -0.15) is 8.78 Å². The van der Waals surface area contributed by atoms with E-state index in [1.54, 1.807) is 30.3 Å². The van der Waals surface area contributed by atoms with Crippen LogP contribution in [0.5, 0.6) is 5.75 Å². The number of ether oxygens (including phenoxy) is 1. The van der Waals surface area contributed by atoms with E-state index < -0.39 is 12.0 Å². The van der Waals surface area contributed by atoms with Gasteiger partial charge in [0.1, 0.15) is 12.0 Å². The van der Waals surface area contributed by atoms with Crippen LogP contribution in [0.25, 0.3) is 0 Å². The van der Waals surface area contributed by atoms with Gasteiger partial charge in [0.05, 0.1) is 16.8 Å². The number of alkyl halides is 2. The van der Waals surface area contributed by atoms with Gasteiger partial charge in [-0.1, -0.05) is 6.07 Å². The number of halogens is 2. The molecule has 24 heavy (non-hydrogen) atoms. The molecular formula is C18H13F2NO3. The van der Waals surface area contributed by atoms with E-state index in [-0.39, 0.29) is 11.7 Å². The number of hydrogen-bond donors (Lipinski definition) is 0. The molecule has 0 aromatic heterocycles. The van der Waals surface area contributed by atoms with Gasteiger partial charge >= 0.3 is 6.61 Å². The Bertz CT molecular complexity index is 846. The minimum absolute atomic E-state index is 0.00175. The summed E-state index contributed by atoms with van der Waals surface area (Å²) in [5, 5.41) is 0. The SMILES string of the molecule is O=Cc1ccc2c(c1)C1(CC1)C(=O)N2c1cccc(OC(F)F)c1. The highest BCUT2D eigenvalue weighted by Crippen LogP contribution is 2.59. The summed E-state index contributed by atoms with van der Waals surface area (Å²) < 4.78 is 29.3. The molecule has 2 aromatic rings. The molecule has 0 unspecified atom stereocenters. The molecule has 0 saturated heterocycles. The van der Waals surface area contributed by atoms with Crippen molar-refractivity contribution >= 4 is 23.6 Å². The number of amides is 1. The van der Waals surface area contributed by atoms with Crippen LogP contribution in [-0.4, -0.2) is 18.8 Å². The van der Waals surface area contributed by atoms with Gasteiger partial charge in [-0.15, -0.1) is 0 Å². The fourth-order valence-electron chi connectivity index (χ4n) is 3.31. The van der Waals surface area contributed by atoms with Crippen LogP contribution in [0.3, 0.4) is 0 Å². The molecule has 1 spiro atoms. The van der Waals surface area contributed by atoms with Crippen molar-refractivity contribution in [3.05, 3.63) is 53.6 Å². The van der Waals surface area contributed by atoms with E-state index in [4.69, 9.17) is 0 Å². The number of benzene rings is 2. The van der Waals surface area contributed by atoms with Gasteiger partial charge in [-0.3, -0.25) is 14.5 Å². The van der Waals surface area contributed by atoms with E-state index in [0.717, 1.165) is 24.7 Å². The molecule has 0 atom stereocenters. The Morgan fingerprint density at radius 3 is 2.62 bits per heavy atom. The Kier molecular flexibility index (Phi) is 3.16. The molecule has 6 heteroatoms. The molecule has 1 aliphatic carbocycles. The Morgan fingerprint density at radius 1 is 1.17 bits per heavy atom. The summed E-state index contributed by atoms with van der Waals surface area (Å²) in [6.07, 6.45) is 2.20. The lowest BCUT2D eigenvalue weighted by Gasteiger charge is -2.19. The second-order valence-electron chi connectivity index (χ2n) is 5.99. The monoisotopic (exact) mass is 329 g/mol. The van der Waals surface area contributed by atoms with Gasteiger partial charge < -0.3 is 4.74 Å². The first kappa shape index (κ1) is 14.8. The van der Waals surface area contributed by atoms with E-state index in [9.17, 15) is 18.4 Å². The predicted octanol–water partition coefficient (Wildman–Crippen LogP) is 3.81. The second-order valence-corrected chi connectivity index (χ2v) is 5.99. The Balaban J connectivity index is 1.80. The summed E-state index contributed by atoms with van der Waals surface area (Å²) in [5.74, 6) is -0.0899. The van der Waals surface area contributed by atoms with Crippen LogP contribution < -0.4 is 9.64 Å². The predicted molar refractivity (Wildman–Crippen MR) is 83.0 cm³/mol. The van der Waals surface area contributed by atoms with Crippen LogP contribution in [0.1, 0.15) is 28.8 Å². The van der Waals surface area contributed by atoms with Crippen molar-refractivity contribution in [3.63, 3.8) is 0 Å². The molecule has 0 N–H and O–H groups in total. The number of rotatable bonds is 4. The molecule has 2 aromatic carbocycles. The first-order valence-electron chi connectivity index (χ1n) is 7.54. The van der Waals surface area contributed by atoms with Gasteiger partial charge in [0, 0.05) is 11.6 Å². The molecule has 4 nitrogen and oxygen atoms in total. The van der Waals surface area contributed by atoms with Crippen molar-refractivity contribution in [1.82, 2.24) is 0 Å². The summed E-state index contributed by atoms with van der Waals surface area (Å²) in [6, 6.07) is 11.2. The van der Waals surface area contributed by atoms with E-state index in [1.165, 1.54) is 17.0 Å². The Morgan fingerprint density at radius 2 is 1.96 bits per heavy atom. The van der Waals surface area contributed by atoms with Crippen molar-refractivity contribution < 1.29 is 23.1 Å². The summed E-state index contributed by atoms with van der Waals surface area (Å²) in [4.78, 5) is 25.5. The number of hydrogen-bond acceptors (Lipinski definition) is 3. The highest BCUT2D eigenvalue weighted by atomic mass is 19.3. The lowest BCUT2D eigenvalue weighted by Crippen LogP contribution is -2.27. The summed E-state index contributed by atoms with van der Waals surface area (Å²) in [5.41, 5.74) is 1.94. The largest absolute Gasteiger partial charge is 0.435 e. The fourth-order valence-corrected chi connectivity index (χ4v) is 3.31. The second kappa shape index (κ2) is 5.12. The molecule has 1 aliphatic heterocycles. The van der Waals surface area contributed by atoms with Crippen LogP contribution in [0.15, 0.2) is 42.5 Å². The van der Waals surface area contributed by atoms with Crippen molar-refractivity contribution in [2.45, 2.75) is 24.9 Å². The minimum atomic E-state index is -2.92. The number of anilines is 2. The average molecular weight is 329 g/mol. The van der Waals surface area contributed by atoms with Crippen LogP contribution in [0, 0.1) is 0 Å². The van der Waals surface area contributed by atoms with Crippen molar-refractivity contribution in [3.8, 4) is 5.75 Å². The fraction of sp³-hybridized carbons (Fsp3) is 0.222. The number of carbonyl (C=O) groups is 2. The zero-order valence-electron chi connectivity index (χ0n) is 12.5. The minimum Gasteiger partial charge on any atom is -0.435 e. The van der Waals surface area contributed by atoms with Crippen LogP contribution >= 0.6 is 0 Å². The third kappa shape index (κ3) is 2.10.